The quantitative estimate of drug-likeness (QED) is 0.721. The molecular formula is C18H17F3N4O. The lowest BCUT2D eigenvalue weighted by Gasteiger charge is -2.27. The van der Waals surface area contributed by atoms with Gasteiger partial charge in [-0.1, -0.05) is 6.07 Å². The van der Waals surface area contributed by atoms with Crippen molar-refractivity contribution in [3.05, 3.63) is 47.4 Å². The average Bonchev–Trinajstić information content (AvgIpc) is 3.07. The number of rotatable bonds is 3. The molecule has 5 nitrogen and oxygen atoms in total. The number of aryl methyl sites for hydroxylation is 1. The lowest BCUT2D eigenvalue weighted by atomic mass is 9.87. The molecule has 0 fully saturated rings. The summed E-state index contributed by atoms with van der Waals surface area (Å²) in [6, 6.07) is 6.94. The molecule has 136 valence electrons. The van der Waals surface area contributed by atoms with E-state index in [2.05, 4.69) is 20.3 Å². The standard InChI is InChI=1S/C18H17F3N4O/c1-26-11-6-5-10-3-2-4-14(12(10)7-11)24-16-13-8-15(18(19,20)21)25-17(13)23-9-22-16/h5-9,14H,2-4H2,1H3,(H2,22,23,24,25)/t14-/m0/s1. The second-order valence-corrected chi connectivity index (χ2v) is 6.32. The number of alkyl halides is 3. The van der Waals surface area contributed by atoms with Crippen LogP contribution in [0.4, 0.5) is 19.0 Å². The number of halogens is 3. The number of nitrogens with zero attached hydrogens (tertiary/aromatic N) is 2. The van der Waals surface area contributed by atoms with Crippen molar-refractivity contribution in [3.63, 3.8) is 0 Å². The zero-order valence-corrected chi connectivity index (χ0v) is 14.0. The van der Waals surface area contributed by atoms with Crippen LogP contribution in [0.5, 0.6) is 5.75 Å². The van der Waals surface area contributed by atoms with E-state index in [1.165, 1.54) is 11.9 Å². The van der Waals surface area contributed by atoms with Crippen LogP contribution < -0.4 is 10.1 Å². The van der Waals surface area contributed by atoms with Crippen molar-refractivity contribution in [3.8, 4) is 5.75 Å². The van der Waals surface area contributed by atoms with Crippen molar-refractivity contribution < 1.29 is 17.9 Å². The van der Waals surface area contributed by atoms with Gasteiger partial charge < -0.3 is 15.0 Å². The minimum Gasteiger partial charge on any atom is -0.497 e. The molecule has 8 heteroatoms. The molecule has 4 rings (SSSR count). The number of fused-ring (bicyclic) bond motifs is 2. The fourth-order valence-corrected chi connectivity index (χ4v) is 3.43. The molecule has 1 aliphatic carbocycles. The van der Waals surface area contributed by atoms with Gasteiger partial charge in [0.25, 0.3) is 0 Å². The first-order valence-corrected chi connectivity index (χ1v) is 8.30. The predicted molar refractivity (Wildman–Crippen MR) is 91.2 cm³/mol. The van der Waals surface area contributed by atoms with Crippen molar-refractivity contribution in [2.45, 2.75) is 31.5 Å². The number of anilines is 1. The predicted octanol–water partition coefficient (Wildman–Crippen LogP) is 4.47. The summed E-state index contributed by atoms with van der Waals surface area (Å²) >= 11 is 0. The van der Waals surface area contributed by atoms with E-state index in [0.29, 0.717) is 11.2 Å². The molecule has 0 saturated carbocycles. The molecule has 0 aliphatic heterocycles. The lowest BCUT2D eigenvalue weighted by Crippen LogP contribution is -2.18. The van der Waals surface area contributed by atoms with Gasteiger partial charge in [0.15, 0.2) is 0 Å². The van der Waals surface area contributed by atoms with E-state index < -0.39 is 11.9 Å². The van der Waals surface area contributed by atoms with E-state index >= 15 is 0 Å². The Morgan fingerprint density at radius 2 is 2.08 bits per heavy atom. The first kappa shape index (κ1) is 16.7. The topological polar surface area (TPSA) is 62.8 Å². The Morgan fingerprint density at radius 1 is 1.23 bits per heavy atom. The SMILES string of the molecule is COc1ccc2c(c1)[C@@H](Nc1ncnc3[nH]c(C(F)(F)F)cc13)CCC2. The van der Waals surface area contributed by atoms with Gasteiger partial charge in [0.05, 0.1) is 18.5 Å². The monoisotopic (exact) mass is 362 g/mol. The molecule has 1 aromatic carbocycles. The van der Waals surface area contributed by atoms with E-state index in [1.807, 2.05) is 18.2 Å². The Morgan fingerprint density at radius 3 is 2.85 bits per heavy atom. The fourth-order valence-electron chi connectivity index (χ4n) is 3.43. The first-order chi connectivity index (χ1) is 12.5. The zero-order chi connectivity index (χ0) is 18.3. The number of ether oxygens (including phenoxy) is 1. The van der Waals surface area contributed by atoms with Crippen LogP contribution in [0.25, 0.3) is 11.0 Å². The van der Waals surface area contributed by atoms with Gasteiger partial charge in [-0.15, -0.1) is 0 Å². The van der Waals surface area contributed by atoms with Gasteiger partial charge in [-0.2, -0.15) is 13.2 Å². The highest BCUT2D eigenvalue weighted by molar-refractivity contribution is 5.88. The maximum Gasteiger partial charge on any atom is 0.431 e. The van der Waals surface area contributed by atoms with Crippen LogP contribution >= 0.6 is 0 Å². The lowest BCUT2D eigenvalue weighted by molar-refractivity contribution is -0.140. The summed E-state index contributed by atoms with van der Waals surface area (Å²) in [4.78, 5) is 10.4. The maximum absolute atomic E-state index is 13.0. The zero-order valence-electron chi connectivity index (χ0n) is 14.0. The second-order valence-electron chi connectivity index (χ2n) is 6.32. The molecule has 1 aliphatic rings. The van der Waals surface area contributed by atoms with Crippen LogP contribution in [0.3, 0.4) is 0 Å². The van der Waals surface area contributed by atoms with Crippen molar-refractivity contribution in [1.82, 2.24) is 15.0 Å². The molecule has 26 heavy (non-hydrogen) atoms. The molecule has 2 N–H and O–H groups in total. The van der Waals surface area contributed by atoms with Gasteiger partial charge in [-0.25, -0.2) is 9.97 Å². The van der Waals surface area contributed by atoms with Gasteiger partial charge in [0.1, 0.15) is 29.2 Å². The number of hydrogen-bond acceptors (Lipinski definition) is 4. The Hall–Kier alpha value is -2.77. The highest BCUT2D eigenvalue weighted by Crippen LogP contribution is 2.37. The van der Waals surface area contributed by atoms with Crippen molar-refractivity contribution >= 4 is 16.9 Å². The van der Waals surface area contributed by atoms with Crippen LogP contribution in [-0.2, 0) is 12.6 Å². The van der Waals surface area contributed by atoms with E-state index in [4.69, 9.17) is 4.74 Å². The number of methoxy groups -OCH3 is 1. The Balaban J connectivity index is 1.72. The largest absolute Gasteiger partial charge is 0.497 e. The second kappa shape index (κ2) is 6.19. The number of benzene rings is 1. The minimum absolute atomic E-state index is 0.0452. The third kappa shape index (κ3) is 2.95. The Kier molecular flexibility index (Phi) is 3.97. The highest BCUT2D eigenvalue weighted by atomic mass is 19.4. The number of hydrogen-bond donors (Lipinski definition) is 2. The van der Waals surface area contributed by atoms with Crippen LogP contribution in [0.15, 0.2) is 30.6 Å². The third-order valence-electron chi connectivity index (χ3n) is 4.71. The molecular weight excluding hydrogens is 345 g/mol. The third-order valence-corrected chi connectivity index (χ3v) is 4.71. The fraction of sp³-hybridized carbons (Fsp3) is 0.333. The molecule has 2 aromatic heterocycles. The maximum atomic E-state index is 13.0. The van der Waals surface area contributed by atoms with Gasteiger partial charge in [-0.05, 0) is 48.6 Å². The van der Waals surface area contributed by atoms with Gasteiger partial charge in [-0.3, -0.25) is 0 Å². The summed E-state index contributed by atoms with van der Waals surface area (Å²) < 4.78 is 44.3. The van der Waals surface area contributed by atoms with Crippen LogP contribution in [0.1, 0.15) is 35.7 Å². The number of H-pyrrole nitrogens is 1. The minimum atomic E-state index is -4.46. The summed E-state index contributed by atoms with van der Waals surface area (Å²) in [5, 5.41) is 3.63. The Labute approximate surface area is 147 Å². The molecule has 3 aromatic rings. The number of aromatic amines is 1. The van der Waals surface area contributed by atoms with E-state index in [1.54, 1.807) is 7.11 Å². The Bertz CT molecular complexity index is 951. The van der Waals surface area contributed by atoms with Crippen molar-refractivity contribution in [2.24, 2.45) is 0 Å². The van der Waals surface area contributed by atoms with E-state index in [0.717, 1.165) is 36.6 Å². The van der Waals surface area contributed by atoms with E-state index in [-0.39, 0.29) is 11.7 Å². The number of nitrogens with one attached hydrogen (secondary N) is 2. The van der Waals surface area contributed by atoms with Gasteiger partial charge >= 0.3 is 6.18 Å². The molecule has 0 amide bonds. The normalized spacial score (nSPS) is 17.2. The smallest absolute Gasteiger partial charge is 0.431 e. The summed E-state index contributed by atoms with van der Waals surface area (Å²) in [7, 11) is 1.61. The van der Waals surface area contributed by atoms with Crippen LogP contribution in [0.2, 0.25) is 0 Å². The first-order valence-electron chi connectivity index (χ1n) is 8.30. The van der Waals surface area contributed by atoms with Crippen LogP contribution in [-0.4, -0.2) is 22.1 Å². The molecule has 0 spiro atoms. The summed E-state index contributed by atoms with van der Waals surface area (Å²) in [6.45, 7) is 0. The molecule has 1 atom stereocenters. The molecule has 0 bridgehead atoms. The molecule has 0 saturated heterocycles. The summed E-state index contributed by atoms with van der Waals surface area (Å²) in [6.07, 6.45) is -0.368. The van der Waals surface area contributed by atoms with Crippen molar-refractivity contribution in [1.29, 1.82) is 0 Å². The average molecular weight is 362 g/mol. The number of aromatic nitrogens is 3. The van der Waals surface area contributed by atoms with E-state index in [9.17, 15) is 13.2 Å². The molecule has 0 radical (unpaired) electrons. The summed E-state index contributed by atoms with van der Waals surface area (Å²) in [5.74, 6) is 1.15. The molecule has 2 heterocycles. The van der Waals surface area contributed by atoms with Crippen molar-refractivity contribution in [2.75, 3.05) is 12.4 Å². The highest BCUT2D eigenvalue weighted by Gasteiger charge is 2.33. The molecule has 0 unspecified atom stereocenters. The summed E-state index contributed by atoms with van der Waals surface area (Å²) in [5.41, 5.74) is 1.64. The van der Waals surface area contributed by atoms with Gasteiger partial charge in [0, 0.05) is 0 Å². The van der Waals surface area contributed by atoms with Gasteiger partial charge in [0.2, 0.25) is 0 Å². The van der Waals surface area contributed by atoms with Crippen LogP contribution in [0, 0.1) is 0 Å².